The van der Waals surface area contributed by atoms with Crippen molar-refractivity contribution in [1.82, 2.24) is 19.9 Å². The van der Waals surface area contributed by atoms with Crippen LogP contribution in [0.4, 0.5) is 19.1 Å². The van der Waals surface area contributed by atoms with Gasteiger partial charge in [0.25, 0.3) is 0 Å². The zero-order valence-electron chi connectivity index (χ0n) is 15.9. The minimum Gasteiger partial charge on any atom is -0.476 e. The van der Waals surface area contributed by atoms with Crippen molar-refractivity contribution in [2.75, 3.05) is 11.9 Å². The van der Waals surface area contributed by atoms with Crippen LogP contribution in [-0.4, -0.2) is 26.5 Å². The molecule has 0 spiro atoms. The Hall–Kier alpha value is -3.75. The molecule has 0 fully saturated rings. The van der Waals surface area contributed by atoms with Crippen LogP contribution in [0.5, 0.6) is 5.88 Å². The van der Waals surface area contributed by atoms with E-state index in [9.17, 15) is 13.2 Å². The molecule has 0 bridgehead atoms. The number of nitrogens with zero attached hydrogens (tertiary/aromatic N) is 4. The average Bonchev–Trinajstić information content (AvgIpc) is 2.74. The molecule has 0 aliphatic rings. The molecule has 0 aliphatic heterocycles. The third-order valence-electron chi connectivity index (χ3n) is 4.24. The van der Waals surface area contributed by atoms with Crippen molar-refractivity contribution in [2.45, 2.75) is 13.5 Å². The van der Waals surface area contributed by atoms with Crippen molar-refractivity contribution < 1.29 is 17.9 Å². The van der Waals surface area contributed by atoms with Crippen LogP contribution in [0.1, 0.15) is 12.5 Å². The number of nitrogens with one attached hydrogen (secondary N) is 1. The molecule has 0 unspecified atom stereocenters. The Balaban J connectivity index is 1.71. The van der Waals surface area contributed by atoms with Crippen LogP contribution in [0, 0.1) is 17.5 Å². The standard InChI is InChI=1S/C21H16F3N5O/c1-2-30-20-18-19(25-11-16(27-18)17-14(23)4-3-5-15(17)24)28-21(29-20)26-10-12-6-8-13(22)9-7-12/h3-9,11H,2,10H2,1H3,(H,25,26,28,29). The summed E-state index contributed by atoms with van der Waals surface area (Å²) in [4.78, 5) is 17.1. The number of hydrogen-bond donors (Lipinski definition) is 1. The summed E-state index contributed by atoms with van der Waals surface area (Å²) >= 11 is 0. The van der Waals surface area contributed by atoms with Gasteiger partial charge in [-0.2, -0.15) is 9.97 Å². The van der Waals surface area contributed by atoms with Crippen LogP contribution in [-0.2, 0) is 6.54 Å². The largest absolute Gasteiger partial charge is 0.476 e. The SMILES string of the molecule is CCOc1nc(NCc2ccc(F)cc2)nc2ncc(-c3c(F)cccc3F)nc12. The molecule has 1 N–H and O–H groups in total. The molecule has 0 saturated heterocycles. The van der Waals surface area contributed by atoms with Gasteiger partial charge in [0.15, 0.2) is 11.2 Å². The quantitative estimate of drug-likeness (QED) is 0.503. The molecule has 0 aliphatic carbocycles. The molecule has 2 aromatic carbocycles. The highest BCUT2D eigenvalue weighted by atomic mass is 19.1. The normalized spacial score (nSPS) is 10.9. The lowest BCUT2D eigenvalue weighted by Crippen LogP contribution is -2.08. The van der Waals surface area contributed by atoms with Crippen LogP contribution in [0.3, 0.4) is 0 Å². The number of rotatable bonds is 6. The zero-order valence-corrected chi connectivity index (χ0v) is 15.9. The first kappa shape index (κ1) is 19.6. The van der Waals surface area contributed by atoms with Crippen LogP contribution in [0.2, 0.25) is 0 Å². The number of hydrogen-bond acceptors (Lipinski definition) is 6. The minimum atomic E-state index is -0.750. The number of ether oxygens (including phenoxy) is 1. The Bertz CT molecular complexity index is 1180. The highest BCUT2D eigenvalue weighted by molar-refractivity contribution is 5.79. The van der Waals surface area contributed by atoms with E-state index in [2.05, 4.69) is 25.3 Å². The summed E-state index contributed by atoms with van der Waals surface area (Å²) < 4.78 is 46.9. The number of halogens is 3. The number of anilines is 1. The van der Waals surface area contributed by atoms with E-state index in [4.69, 9.17) is 4.74 Å². The van der Waals surface area contributed by atoms with Crippen molar-refractivity contribution >= 4 is 17.1 Å². The number of benzene rings is 2. The summed E-state index contributed by atoms with van der Waals surface area (Å²) in [5, 5.41) is 3.02. The highest BCUT2D eigenvalue weighted by Crippen LogP contribution is 2.28. The highest BCUT2D eigenvalue weighted by Gasteiger charge is 2.17. The third-order valence-corrected chi connectivity index (χ3v) is 4.24. The maximum Gasteiger partial charge on any atom is 0.247 e. The summed E-state index contributed by atoms with van der Waals surface area (Å²) in [6.07, 6.45) is 1.25. The fourth-order valence-corrected chi connectivity index (χ4v) is 2.85. The van der Waals surface area contributed by atoms with Crippen molar-refractivity contribution in [2.24, 2.45) is 0 Å². The van der Waals surface area contributed by atoms with E-state index in [1.807, 2.05) is 0 Å². The van der Waals surface area contributed by atoms with Gasteiger partial charge >= 0.3 is 0 Å². The van der Waals surface area contributed by atoms with Gasteiger partial charge in [-0.3, -0.25) is 0 Å². The molecular weight excluding hydrogens is 395 g/mol. The zero-order chi connectivity index (χ0) is 21.1. The van der Waals surface area contributed by atoms with Crippen LogP contribution in [0.15, 0.2) is 48.7 Å². The lowest BCUT2D eigenvalue weighted by Gasteiger charge is -2.11. The Labute approximate surface area is 169 Å². The second kappa shape index (κ2) is 8.32. The Kier molecular flexibility index (Phi) is 5.42. The Morgan fingerprint density at radius 2 is 1.67 bits per heavy atom. The first-order valence-electron chi connectivity index (χ1n) is 9.15. The summed E-state index contributed by atoms with van der Waals surface area (Å²) in [5.41, 5.74) is 0.942. The molecule has 0 radical (unpaired) electrons. The molecule has 0 atom stereocenters. The third kappa shape index (κ3) is 4.00. The molecule has 30 heavy (non-hydrogen) atoms. The van der Waals surface area contributed by atoms with Gasteiger partial charge in [0.1, 0.15) is 17.5 Å². The molecule has 0 saturated carbocycles. The van der Waals surface area contributed by atoms with Crippen LogP contribution >= 0.6 is 0 Å². The van der Waals surface area contributed by atoms with E-state index in [1.54, 1.807) is 19.1 Å². The molecule has 9 heteroatoms. The number of aromatic nitrogens is 4. The summed E-state index contributed by atoms with van der Waals surface area (Å²) in [7, 11) is 0. The van der Waals surface area contributed by atoms with Crippen molar-refractivity contribution in [3.05, 3.63) is 71.7 Å². The predicted octanol–water partition coefficient (Wildman–Crippen LogP) is 4.51. The molecule has 2 aromatic heterocycles. The van der Waals surface area contributed by atoms with Gasteiger partial charge in [-0.05, 0) is 36.8 Å². The van der Waals surface area contributed by atoms with Gasteiger partial charge in [-0.1, -0.05) is 18.2 Å². The molecule has 152 valence electrons. The van der Waals surface area contributed by atoms with Gasteiger partial charge in [0.05, 0.1) is 24.1 Å². The molecule has 4 rings (SSSR count). The van der Waals surface area contributed by atoms with Gasteiger partial charge in [-0.25, -0.2) is 23.1 Å². The molecule has 4 aromatic rings. The fraction of sp³-hybridized carbons (Fsp3) is 0.143. The molecule has 6 nitrogen and oxygen atoms in total. The van der Waals surface area contributed by atoms with E-state index >= 15 is 0 Å². The average molecular weight is 411 g/mol. The topological polar surface area (TPSA) is 72.8 Å². The Morgan fingerprint density at radius 1 is 0.933 bits per heavy atom. The van der Waals surface area contributed by atoms with Gasteiger partial charge < -0.3 is 10.1 Å². The fourth-order valence-electron chi connectivity index (χ4n) is 2.85. The first-order valence-corrected chi connectivity index (χ1v) is 9.15. The van der Waals surface area contributed by atoms with Crippen LogP contribution in [0.25, 0.3) is 22.4 Å². The minimum absolute atomic E-state index is 0.00896. The Morgan fingerprint density at radius 3 is 2.37 bits per heavy atom. The monoisotopic (exact) mass is 411 g/mol. The van der Waals surface area contributed by atoms with E-state index in [0.29, 0.717) is 13.2 Å². The summed E-state index contributed by atoms with van der Waals surface area (Å²) in [5.74, 6) is -1.46. The maximum absolute atomic E-state index is 14.1. The number of fused-ring (bicyclic) bond motifs is 1. The smallest absolute Gasteiger partial charge is 0.247 e. The molecule has 2 heterocycles. The van der Waals surface area contributed by atoms with Crippen molar-refractivity contribution in [3.63, 3.8) is 0 Å². The maximum atomic E-state index is 14.1. The van der Waals surface area contributed by atoms with Gasteiger partial charge in [-0.15, -0.1) is 0 Å². The van der Waals surface area contributed by atoms with E-state index in [-0.39, 0.29) is 40.1 Å². The second-order valence-corrected chi connectivity index (χ2v) is 6.29. The molecule has 0 amide bonds. The van der Waals surface area contributed by atoms with Gasteiger partial charge in [0, 0.05) is 6.54 Å². The van der Waals surface area contributed by atoms with E-state index < -0.39 is 11.6 Å². The summed E-state index contributed by atoms with van der Waals surface area (Å²) in [6.45, 7) is 2.42. The lowest BCUT2D eigenvalue weighted by molar-refractivity contribution is 0.330. The first-order chi connectivity index (χ1) is 14.5. The van der Waals surface area contributed by atoms with E-state index in [1.165, 1.54) is 24.4 Å². The van der Waals surface area contributed by atoms with Crippen molar-refractivity contribution in [3.8, 4) is 17.1 Å². The van der Waals surface area contributed by atoms with Crippen molar-refractivity contribution in [1.29, 1.82) is 0 Å². The lowest BCUT2D eigenvalue weighted by atomic mass is 10.1. The predicted molar refractivity (Wildman–Crippen MR) is 105 cm³/mol. The van der Waals surface area contributed by atoms with Crippen LogP contribution < -0.4 is 10.1 Å². The second-order valence-electron chi connectivity index (χ2n) is 6.29. The van der Waals surface area contributed by atoms with E-state index in [0.717, 1.165) is 17.7 Å². The summed E-state index contributed by atoms with van der Waals surface area (Å²) in [6, 6.07) is 9.57. The van der Waals surface area contributed by atoms with Gasteiger partial charge in [0.2, 0.25) is 11.8 Å². The molecular formula is C21H16F3N5O.